The fourth-order valence-electron chi connectivity index (χ4n) is 2.17. The van der Waals surface area contributed by atoms with Gasteiger partial charge in [0, 0.05) is 0 Å². The zero-order chi connectivity index (χ0) is 17.0. The molecule has 6 heteroatoms. The van der Waals surface area contributed by atoms with Crippen LogP contribution in [0.4, 0.5) is 5.69 Å². The van der Waals surface area contributed by atoms with Crippen LogP contribution in [0.1, 0.15) is 21.5 Å². The van der Waals surface area contributed by atoms with E-state index < -0.39 is 11.9 Å². The van der Waals surface area contributed by atoms with Crippen LogP contribution in [0.15, 0.2) is 36.4 Å². The van der Waals surface area contributed by atoms with Gasteiger partial charge in [-0.15, -0.1) is 0 Å². The number of benzene rings is 2. The van der Waals surface area contributed by atoms with Crippen molar-refractivity contribution in [2.45, 2.75) is 13.8 Å². The van der Waals surface area contributed by atoms with E-state index in [4.69, 9.17) is 9.84 Å². The lowest BCUT2D eigenvalue weighted by atomic mass is 10.1. The molecule has 0 unspecified atom stereocenters. The second-order valence-electron chi connectivity index (χ2n) is 5.09. The quantitative estimate of drug-likeness (QED) is 0.737. The molecule has 0 spiro atoms. The number of rotatable bonds is 5. The van der Waals surface area contributed by atoms with Gasteiger partial charge in [-0.25, -0.2) is 4.79 Å². The fourth-order valence-corrected chi connectivity index (χ4v) is 2.17. The third-order valence-electron chi connectivity index (χ3n) is 3.26. The van der Waals surface area contributed by atoms with Gasteiger partial charge in [-0.3, -0.25) is 4.79 Å². The minimum atomic E-state index is -1.24. The maximum absolute atomic E-state index is 12.0. The first-order valence-corrected chi connectivity index (χ1v) is 6.93. The Morgan fingerprint density at radius 2 is 1.78 bits per heavy atom. The van der Waals surface area contributed by atoms with E-state index in [0.717, 1.165) is 17.2 Å². The Morgan fingerprint density at radius 3 is 2.39 bits per heavy atom. The standard InChI is InChI=1S/C17H17NO5/c1-10-4-3-5-11(2)16(10)23-9-15(20)18-14-7-6-12(19)8-13(14)17(21)22/h3-8,19H,9H2,1-2H3,(H,18,20)(H,21,22). The number of para-hydroxylation sites is 1. The van der Waals surface area contributed by atoms with E-state index in [0.29, 0.717) is 5.75 Å². The fraction of sp³-hybridized carbons (Fsp3) is 0.176. The Labute approximate surface area is 133 Å². The highest BCUT2D eigenvalue weighted by Gasteiger charge is 2.14. The first kappa shape index (κ1) is 16.4. The van der Waals surface area contributed by atoms with Crippen molar-refractivity contribution in [2.75, 3.05) is 11.9 Å². The largest absolute Gasteiger partial charge is 0.508 e. The van der Waals surface area contributed by atoms with Crippen molar-refractivity contribution in [2.24, 2.45) is 0 Å². The van der Waals surface area contributed by atoms with Crippen molar-refractivity contribution in [3.8, 4) is 11.5 Å². The number of carbonyl (C=O) groups is 2. The number of phenols is 1. The molecule has 2 rings (SSSR count). The van der Waals surface area contributed by atoms with E-state index in [1.54, 1.807) is 0 Å². The van der Waals surface area contributed by atoms with E-state index >= 15 is 0 Å². The van der Waals surface area contributed by atoms with Gasteiger partial charge in [-0.05, 0) is 43.2 Å². The van der Waals surface area contributed by atoms with E-state index in [2.05, 4.69) is 5.32 Å². The van der Waals surface area contributed by atoms with Gasteiger partial charge in [0.15, 0.2) is 6.61 Å². The number of hydrogen-bond acceptors (Lipinski definition) is 4. The number of ether oxygens (including phenoxy) is 1. The lowest BCUT2D eigenvalue weighted by Crippen LogP contribution is -2.22. The number of amides is 1. The molecule has 0 aromatic heterocycles. The second-order valence-corrected chi connectivity index (χ2v) is 5.09. The number of hydrogen-bond donors (Lipinski definition) is 3. The summed E-state index contributed by atoms with van der Waals surface area (Å²) in [5.41, 5.74) is 1.73. The summed E-state index contributed by atoms with van der Waals surface area (Å²) in [6.45, 7) is 3.51. The Kier molecular flexibility index (Phi) is 4.85. The molecule has 0 aliphatic rings. The molecule has 23 heavy (non-hydrogen) atoms. The van der Waals surface area contributed by atoms with Gasteiger partial charge < -0.3 is 20.3 Å². The maximum Gasteiger partial charge on any atom is 0.337 e. The van der Waals surface area contributed by atoms with Gasteiger partial charge in [-0.2, -0.15) is 0 Å². The van der Waals surface area contributed by atoms with Crippen LogP contribution in [0.2, 0.25) is 0 Å². The summed E-state index contributed by atoms with van der Waals surface area (Å²) in [6, 6.07) is 9.35. The Morgan fingerprint density at radius 1 is 1.13 bits per heavy atom. The summed E-state index contributed by atoms with van der Waals surface area (Å²) in [7, 11) is 0. The molecule has 0 heterocycles. The first-order valence-electron chi connectivity index (χ1n) is 6.93. The molecule has 2 aromatic carbocycles. The van der Waals surface area contributed by atoms with Gasteiger partial charge in [0.05, 0.1) is 11.3 Å². The zero-order valence-corrected chi connectivity index (χ0v) is 12.8. The summed E-state index contributed by atoms with van der Waals surface area (Å²) in [4.78, 5) is 23.1. The lowest BCUT2D eigenvalue weighted by Gasteiger charge is -2.13. The molecule has 2 aromatic rings. The maximum atomic E-state index is 12.0. The summed E-state index contributed by atoms with van der Waals surface area (Å²) in [5, 5.41) is 20.9. The molecule has 0 atom stereocenters. The molecule has 120 valence electrons. The summed E-state index contributed by atoms with van der Waals surface area (Å²) >= 11 is 0. The van der Waals surface area contributed by atoms with Gasteiger partial charge >= 0.3 is 5.97 Å². The number of aryl methyl sites for hydroxylation is 2. The van der Waals surface area contributed by atoms with Crippen molar-refractivity contribution in [3.05, 3.63) is 53.1 Å². The van der Waals surface area contributed by atoms with Crippen LogP contribution in [0.25, 0.3) is 0 Å². The predicted molar refractivity (Wildman–Crippen MR) is 85.1 cm³/mol. The predicted octanol–water partition coefficient (Wildman–Crippen LogP) is 2.72. The third-order valence-corrected chi connectivity index (χ3v) is 3.26. The molecule has 3 N–H and O–H groups in total. The molecule has 0 saturated heterocycles. The summed E-state index contributed by atoms with van der Waals surface area (Å²) in [6.07, 6.45) is 0. The first-order chi connectivity index (χ1) is 10.9. The molecule has 0 saturated carbocycles. The number of carboxylic acids is 1. The lowest BCUT2D eigenvalue weighted by molar-refractivity contribution is -0.118. The van der Waals surface area contributed by atoms with Gasteiger partial charge in [0.2, 0.25) is 0 Å². The zero-order valence-electron chi connectivity index (χ0n) is 12.8. The monoisotopic (exact) mass is 315 g/mol. The van der Waals surface area contributed by atoms with Crippen LogP contribution < -0.4 is 10.1 Å². The number of aromatic carboxylic acids is 1. The smallest absolute Gasteiger partial charge is 0.337 e. The van der Waals surface area contributed by atoms with Crippen molar-refractivity contribution in [1.29, 1.82) is 0 Å². The minimum Gasteiger partial charge on any atom is -0.508 e. The average Bonchev–Trinajstić information content (AvgIpc) is 2.48. The van der Waals surface area contributed by atoms with E-state index in [1.165, 1.54) is 12.1 Å². The van der Waals surface area contributed by atoms with Crippen LogP contribution >= 0.6 is 0 Å². The number of carboxylic acid groups (broad SMARTS) is 1. The van der Waals surface area contributed by atoms with Crippen LogP contribution in [-0.4, -0.2) is 28.7 Å². The van der Waals surface area contributed by atoms with Crippen LogP contribution in [0.5, 0.6) is 11.5 Å². The Balaban J connectivity index is 2.07. The highest BCUT2D eigenvalue weighted by Crippen LogP contribution is 2.23. The number of nitrogens with one attached hydrogen (secondary N) is 1. The number of anilines is 1. The van der Waals surface area contributed by atoms with Crippen LogP contribution in [0.3, 0.4) is 0 Å². The van der Waals surface area contributed by atoms with Crippen molar-refractivity contribution >= 4 is 17.6 Å². The molecular weight excluding hydrogens is 298 g/mol. The summed E-state index contributed by atoms with van der Waals surface area (Å²) in [5.74, 6) is -1.29. The van der Waals surface area contributed by atoms with Crippen molar-refractivity contribution in [1.82, 2.24) is 0 Å². The normalized spacial score (nSPS) is 10.2. The highest BCUT2D eigenvalue weighted by atomic mass is 16.5. The van der Waals surface area contributed by atoms with Crippen molar-refractivity contribution in [3.63, 3.8) is 0 Å². The Hall–Kier alpha value is -3.02. The van der Waals surface area contributed by atoms with E-state index in [-0.39, 0.29) is 23.6 Å². The number of aromatic hydroxyl groups is 1. The minimum absolute atomic E-state index is 0.102. The average molecular weight is 315 g/mol. The molecular formula is C17H17NO5. The van der Waals surface area contributed by atoms with Crippen LogP contribution in [0, 0.1) is 13.8 Å². The molecule has 0 radical (unpaired) electrons. The molecule has 0 aliphatic carbocycles. The molecule has 0 bridgehead atoms. The molecule has 1 amide bonds. The van der Waals surface area contributed by atoms with Crippen LogP contribution in [-0.2, 0) is 4.79 Å². The van der Waals surface area contributed by atoms with E-state index in [9.17, 15) is 14.7 Å². The van der Waals surface area contributed by atoms with E-state index in [1.807, 2.05) is 32.0 Å². The SMILES string of the molecule is Cc1cccc(C)c1OCC(=O)Nc1ccc(O)cc1C(=O)O. The second kappa shape index (κ2) is 6.83. The topological polar surface area (TPSA) is 95.9 Å². The van der Waals surface area contributed by atoms with Gasteiger partial charge in [0.1, 0.15) is 11.5 Å². The Bertz CT molecular complexity index is 734. The third kappa shape index (κ3) is 4.00. The highest BCUT2D eigenvalue weighted by molar-refractivity contribution is 6.01. The number of carbonyl (C=O) groups excluding carboxylic acids is 1. The summed E-state index contributed by atoms with van der Waals surface area (Å²) < 4.78 is 5.52. The van der Waals surface area contributed by atoms with Gasteiger partial charge in [0.25, 0.3) is 5.91 Å². The van der Waals surface area contributed by atoms with Crippen molar-refractivity contribution < 1.29 is 24.5 Å². The molecule has 0 fully saturated rings. The molecule has 0 aliphatic heterocycles. The van der Waals surface area contributed by atoms with Gasteiger partial charge in [-0.1, -0.05) is 18.2 Å². The molecule has 6 nitrogen and oxygen atoms in total. The number of phenolic OH excluding ortho intramolecular Hbond substituents is 1.